The van der Waals surface area contributed by atoms with Crippen molar-refractivity contribution in [2.75, 3.05) is 13.7 Å². The summed E-state index contributed by atoms with van der Waals surface area (Å²) in [4.78, 5) is 4.53. The van der Waals surface area contributed by atoms with Gasteiger partial charge in [-0.2, -0.15) is 4.98 Å². The zero-order valence-electron chi connectivity index (χ0n) is 13.1. The van der Waals surface area contributed by atoms with Crippen molar-refractivity contribution >= 4 is 0 Å². The molecule has 1 aliphatic rings. The van der Waals surface area contributed by atoms with E-state index in [1.54, 1.807) is 7.11 Å². The van der Waals surface area contributed by atoms with Crippen LogP contribution >= 0.6 is 0 Å². The highest BCUT2D eigenvalue weighted by molar-refractivity contribution is 4.99. The second-order valence-electron chi connectivity index (χ2n) is 6.05. The monoisotopic (exact) mass is 281 g/mol. The first kappa shape index (κ1) is 15.4. The molecule has 0 aromatic carbocycles. The molecule has 0 amide bonds. The van der Waals surface area contributed by atoms with Crippen molar-refractivity contribution < 1.29 is 9.26 Å². The van der Waals surface area contributed by atoms with E-state index < -0.39 is 0 Å². The molecule has 0 aliphatic heterocycles. The lowest BCUT2D eigenvalue weighted by Crippen LogP contribution is -2.36. The largest absolute Gasteiger partial charge is 0.373 e. The minimum Gasteiger partial charge on any atom is -0.373 e. The Morgan fingerprint density at radius 3 is 2.70 bits per heavy atom. The molecule has 114 valence electrons. The minimum absolute atomic E-state index is 0.00796. The number of nitrogens with one attached hydrogen (secondary N) is 1. The summed E-state index contributed by atoms with van der Waals surface area (Å²) in [5.74, 6) is 2.54. The number of aromatic nitrogens is 2. The van der Waals surface area contributed by atoms with Gasteiger partial charge in [-0.1, -0.05) is 25.9 Å². The van der Waals surface area contributed by atoms with Gasteiger partial charge in [0.2, 0.25) is 11.7 Å². The Labute approximate surface area is 121 Å². The van der Waals surface area contributed by atoms with Crippen LogP contribution in [0.4, 0.5) is 0 Å². The van der Waals surface area contributed by atoms with E-state index in [0.717, 1.165) is 19.4 Å². The zero-order chi connectivity index (χ0) is 14.5. The maximum atomic E-state index is 5.49. The molecular weight excluding hydrogens is 254 g/mol. The van der Waals surface area contributed by atoms with Gasteiger partial charge in [-0.05, 0) is 37.6 Å². The van der Waals surface area contributed by atoms with E-state index >= 15 is 0 Å². The van der Waals surface area contributed by atoms with Crippen LogP contribution in [0.1, 0.15) is 57.9 Å². The molecule has 1 aromatic heterocycles. The lowest BCUT2D eigenvalue weighted by molar-refractivity contribution is 0.0751. The molecule has 1 fully saturated rings. The molecule has 1 N–H and O–H groups in total. The summed E-state index contributed by atoms with van der Waals surface area (Å²) >= 11 is 0. The van der Waals surface area contributed by atoms with Crippen molar-refractivity contribution in [3.63, 3.8) is 0 Å². The van der Waals surface area contributed by atoms with Crippen LogP contribution in [0.2, 0.25) is 0 Å². The van der Waals surface area contributed by atoms with Crippen LogP contribution in [0.5, 0.6) is 0 Å². The number of nitrogens with zero attached hydrogens (tertiary/aromatic N) is 2. The normalized spacial score (nSPS) is 18.4. The van der Waals surface area contributed by atoms with Gasteiger partial charge < -0.3 is 14.6 Å². The SMILES string of the molecule is CCCNC(Cc1nc(C(OC)C2CC2)no1)C(C)C. The van der Waals surface area contributed by atoms with Crippen LogP contribution in [0.3, 0.4) is 0 Å². The van der Waals surface area contributed by atoms with E-state index in [1.165, 1.54) is 12.8 Å². The summed E-state index contributed by atoms with van der Waals surface area (Å²) in [6, 6.07) is 0.380. The van der Waals surface area contributed by atoms with Gasteiger partial charge >= 0.3 is 0 Å². The molecule has 5 nitrogen and oxygen atoms in total. The molecule has 1 aliphatic carbocycles. The number of methoxy groups -OCH3 is 1. The first-order chi connectivity index (χ1) is 9.65. The maximum Gasteiger partial charge on any atom is 0.228 e. The van der Waals surface area contributed by atoms with Gasteiger partial charge in [0.1, 0.15) is 6.10 Å². The minimum atomic E-state index is 0.00796. The second-order valence-corrected chi connectivity index (χ2v) is 6.05. The molecule has 5 heteroatoms. The van der Waals surface area contributed by atoms with Gasteiger partial charge in [-0.25, -0.2) is 0 Å². The Kier molecular flexibility index (Phi) is 5.54. The molecule has 2 rings (SSSR count). The molecule has 2 unspecified atom stereocenters. The van der Waals surface area contributed by atoms with Gasteiger partial charge in [-0.15, -0.1) is 0 Å². The fraction of sp³-hybridized carbons (Fsp3) is 0.867. The van der Waals surface area contributed by atoms with Crippen molar-refractivity contribution in [1.82, 2.24) is 15.5 Å². The summed E-state index contributed by atoms with van der Waals surface area (Å²) in [6.45, 7) is 7.63. The highest BCUT2D eigenvalue weighted by Crippen LogP contribution is 2.41. The predicted octanol–water partition coefficient (Wildman–Crippen LogP) is 2.73. The third kappa shape index (κ3) is 4.03. The number of rotatable bonds is 9. The van der Waals surface area contributed by atoms with E-state index in [9.17, 15) is 0 Å². The first-order valence-electron chi connectivity index (χ1n) is 7.74. The molecule has 0 spiro atoms. The van der Waals surface area contributed by atoms with E-state index in [0.29, 0.717) is 29.6 Å². The molecule has 1 aromatic rings. The molecule has 1 saturated carbocycles. The maximum absolute atomic E-state index is 5.49. The van der Waals surface area contributed by atoms with Crippen LogP contribution in [0.25, 0.3) is 0 Å². The topological polar surface area (TPSA) is 60.2 Å². The first-order valence-corrected chi connectivity index (χ1v) is 7.74. The van der Waals surface area contributed by atoms with E-state index in [-0.39, 0.29) is 6.10 Å². The summed E-state index contributed by atoms with van der Waals surface area (Å²) in [5.41, 5.74) is 0. The Hall–Kier alpha value is -0.940. The van der Waals surface area contributed by atoms with Gasteiger partial charge in [0.15, 0.2) is 0 Å². The van der Waals surface area contributed by atoms with Crippen LogP contribution in [-0.4, -0.2) is 29.8 Å². The van der Waals surface area contributed by atoms with E-state index in [1.807, 2.05) is 0 Å². The van der Waals surface area contributed by atoms with Gasteiger partial charge in [-0.3, -0.25) is 0 Å². The van der Waals surface area contributed by atoms with Gasteiger partial charge in [0, 0.05) is 19.6 Å². The third-order valence-corrected chi connectivity index (χ3v) is 3.90. The quantitative estimate of drug-likeness (QED) is 0.754. The Bertz CT molecular complexity index is 402. The fourth-order valence-corrected chi connectivity index (χ4v) is 2.44. The second kappa shape index (κ2) is 7.18. The predicted molar refractivity (Wildman–Crippen MR) is 77.4 cm³/mol. The van der Waals surface area contributed by atoms with Crippen LogP contribution in [0, 0.1) is 11.8 Å². The summed E-state index contributed by atoms with van der Waals surface area (Å²) in [5, 5.41) is 7.65. The standard InChI is InChI=1S/C15H27N3O2/c1-5-8-16-12(10(2)3)9-13-17-15(18-20-13)14(19-4)11-6-7-11/h10-12,14,16H,5-9H2,1-4H3. The molecular formula is C15H27N3O2. The third-order valence-electron chi connectivity index (χ3n) is 3.90. The summed E-state index contributed by atoms with van der Waals surface area (Å²) < 4.78 is 10.9. The lowest BCUT2D eigenvalue weighted by Gasteiger charge is -2.20. The lowest BCUT2D eigenvalue weighted by atomic mass is 10.0. The highest BCUT2D eigenvalue weighted by Gasteiger charge is 2.35. The van der Waals surface area contributed by atoms with Crippen LogP contribution in [0.15, 0.2) is 4.52 Å². The summed E-state index contributed by atoms with van der Waals surface area (Å²) in [7, 11) is 1.72. The molecule has 2 atom stereocenters. The van der Waals surface area contributed by atoms with Crippen molar-refractivity contribution in [3.8, 4) is 0 Å². The average molecular weight is 281 g/mol. The van der Waals surface area contributed by atoms with Gasteiger partial charge in [0.05, 0.1) is 0 Å². The number of ether oxygens (including phenoxy) is 1. The molecule has 0 bridgehead atoms. The Balaban J connectivity index is 1.96. The van der Waals surface area contributed by atoms with E-state index in [4.69, 9.17) is 9.26 Å². The summed E-state index contributed by atoms with van der Waals surface area (Å²) in [6.07, 6.45) is 4.33. The van der Waals surface area contributed by atoms with Crippen molar-refractivity contribution in [3.05, 3.63) is 11.7 Å². The van der Waals surface area contributed by atoms with Crippen molar-refractivity contribution in [1.29, 1.82) is 0 Å². The average Bonchev–Trinajstić information content (AvgIpc) is 3.15. The van der Waals surface area contributed by atoms with Crippen LogP contribution in [-0.2, 0) is 11.2 Å². The Morgan fingerprint density at radius 2 is 2.15 bits per heavy atom. The molecule has 1 heterocycles. The van der Waals surface area contributed by atoms with E-state index in [2.05, 4.69) is 36.2 Å². The molecule has 0 radical (unpaired) electrons. The highest BCUT2D eigenvalue weighted by atomic mass is 16.5. The smallest absolute Gasteiger partial charge is 0.228 e. The fourth-order valence-electron chi connectivity index (χ4n) is 2.44. The molecule has 20 heavy (non-hydrogen) atoms. The van der Waals surface area contributed by atoms with Gasteiger partial charge in [0.25, 0.3) is 0 Å². The Morgan fingerprint density at radius 1 is 1.40 bits per heavy atom. The van der Waals surface area contributed by atoms with Crippen LogP contribution < -0.4 is 5.32 Å². The zero-order valence-corrected chi connectivity index (χ0v) is 13.1. The van der Waals surface area contributed by atoms with Crippen molar-refractivity contribution in [2.24, 2.45) is 11.8 Å². The van der Waals surface area contributed by atoms with Crippen molar-refractivity contribution in [2.45, 2.75) is 58.6 Å². The number of hydrogen-bond donors (Lipinski definition) is 1. The number of hydrogen-bond acceptors (Lipinski definition) is 5. The molecule has 0 saturated heterocycles.